The van der Waals surface area contributed by atoms with Crippen LogP contribution in [0.25, 0.3) is 0 Å². The van der Waals surface area contributed by atoms with Crippen LogP contribution in [-0.4, -0.2) is 65.6 Å². The number of amides is 3. The standard InChI is InChI=1S/C26H38N4O3S.ClH/c1-5-23(31)28-12-13-29-21-15-20(24(32)30(17(2)3)19-8-6-11-27-16-19)18(4)14-22(21)34-26(25(29)33)9-7-10-26;/h14-15,17,19,27H,5-13,16H2,1-4H3,(H,28,31);1H/t19-;/m1./s1. The molecule has 1 aliphatic carbocycles. The molecule has 1 aromatic rings. The second-order valence-electron chi connectivity index (χ2n) is 10.1. The van der Waals surface area contributed by atoms with Gasteiger partial charge in [0.15, 0.2) is 0 Å². The molecule has 35 heavy (non-hydrogen) atoms. The third-order valence-electron chi connectivity index (χ3n) is 7.36. The summed E-state index contributed by atoms with van der Waals surface area (Å²) in [5.74, 6) is 0.122. The molecule has 1 saturated heterocycles. The first-order chi connectivity index (χ1) is 16.3. The third kappa shape index (κ3) is 5.49. The zero-order valence-electron chi connectivity index (χ0n) is 21.3. The fourth-order valence-corrected chi connectivity index (χ4v) is 6.92. The molecule has 2 aliphatic heterocycles. The molecular weight excluding hydrogens is 484 g/mol. The van der Waals surface area contributed by atoms with Crippen LogP contribution in [0.4, 0.5) is 5.69 Å². The Labute approximate surface area is 219 Å². The Morgan fingerprint density at radius 3 is 2.60 bits per heavy atom. The third-order valence-corrected chi connectivity index (χ3v) is 8.88. The Morgan fingerprint density at radius 1 is 1.29 bits per heavy atom. The maximum absolute atomic E-state index is 13.8. The summed E-state index contributed by atoms with van der Waals surface area (Å²) in [6.45, 7) is 10.6. The van der Waals surface area contributed by atoms with Gasteiger partial charge < -0.3 is 20.4 Å². The highest BCUT2D eigenvalue weighted by Gasteiger charge is 2.51. The number of benzene rings is 1. The molecule has 0 radical (unpaired) electrons. The van der Waals surface area contributed by atoms with E-state index in [1.165, 1.54) is 0 Å². The van der Waals surface area contributed by atoms with Crippen molar-refractivity contribution in [1.29, 1.82) is 0 Å². The van der Waals surface area contributed by atoms with Crippen molar-refractivity contribution in [3.63, 3.8) is 0 Å². The van der Waals surface area contributed by atoms with E-state index in [1.54, 1.807) is 11.8 Å². The zero-order valence-corrected chi connectivity index (χ0v) is 22.9. The Bertz CT molecular complexity index is 960. The fourth-order valence-electron chi connectivity index (χ4n) is 5.30. The summed E-state index contributed by atoms with van der Waals surface area (Å²) < 4.78 is -0.391. The van der Waals surface area contributed by atoms with Gasteiger partial charge in [-0.2, -0.15) is 0 Å². The minimum Gasteiger partial charge on any atom is -0.354 e. The number of carbonyl (C=O) groups excluding carboxylic acids is 3. The summed E-state index contributed by atoms with van der Waals surface area (Å²) in [4.78, 5) is 44.1. The molecule has 1 saturated carbocycles. The molecule has 0 aromatic heterocycles. The van der Waals surface area contributed by atoms with Gasteiger partial charge in [0.2, 0.25) is 11.8 Å². The highest BCUT2D eigenvalue weighted by molar-refractivity contribution is 8.01. The zero-order chi connectivity index (χ0) is 24.5. The SMILES string of the molecule is CCC(=O)NCCN1C(=O)C2(CCC2)Sc2cc(C)c(C(=O)N(C(C)C)[C@@H]3CCCNC3)cc21.Cl. The summed E-state index contributed by atoms with van der Waals surface area (Å²) in [7, 11) is 0. The summed E-state index contributed by atoms with van der Waals surface area (Å²) in [6.07, 6.45) is 5.30. The number of carbonyl (C=O) groups is 3. The van der Waals surface area contributed by atoms with Crippen LogP contribution in [-0.2, 0) is 9.59 Å². The predicted molar refractivity (Wildman–Crippen MR) is 144 cm³/mol. The van der Waals surface area contributed by atoms with E-state index in [1.807, 2.05) is 29.7 Å². The van der Waals surface area contributed by atoms with Gasteiger partial charge in [-0.1, -0.05) is 6.92 Å². The van der Waals surface area contributed by atoms with Gasteiger partial charge in [0, 0.05) is 48.6 Å². The Kier molecular flexibility index (Phi) is 9.16. The van der Waals surface area contributed by atoms with Crippen LogP contribution in [0.15, 0.2) is 17.0 Å². The van der Waals surface area contributed by atoms with E-state index in [0.29, 0.717) is 25.1 Å². The van der Waals surface area contributed by atoms with Gasteiger partial charge in [0.05, 0.1) is 10.4 Å². The van der Waals surface area contributed by atoms with E-state index < -0.39 is 4.75 Å². The van der Waals surface area contributed by atoms with Crippen LogP contribution < -0.4 is 15.5 Å². The maximum atomic E-state index is 13.8. The number of piperidine rings is 1. The molecule has 1 atom stereocenters. The lowest BCUT2D eigenvalue weighted by Crippen LogP contribution is -2.55. The number of aryl methyl sites for hydroxylation is 1. The Hall–Kier alpha value is -1.77. The lowest BCUT2D eigenvalue weighted by Gasteiger charge is -2.47. The van der Waals surface area contributed by atoms with Gasteiger partial charge in [-0.15, -0.1) is 24.2 Å². The maximum Gasteiger partial charge on any atom is 0.254 e. The van der Waals surface area contributed by atoms with Crippen molar-refractivity contribution in [2.75, 3.05) is 31.1 Å². The second kappa shape index (κ2) is 11.5. The van der Waals surface area contributed by atoms with Gasteiger partial charge in [0.25, 0.3) is 5.91 Å². The number of nitrogens with zero attached hydrogens (tertiary/aromatic N) is 2. The predicted octanol–water partition coefficient (Wildman–Crippen LogP) is 3.91. The number of halogens is 1. The summed E-state index contributed by atoms with van der Waals surface area (Å²) >= 11 is 1.67. The number of hydrogen-bond acceptors (Lipinski definition) is 5. The minimum absolute atomic E-state index is 0. The lowest BCUT2D eigenvalue weighted by atomic mass is 9.82. The molecule has 1 aromatic carbocycles. The number of thioether (sulfide) groups is 1. The van der Waals surface area contributed by atoms with E-state index in [2.05, 4.69) is 30.5 Å². The van der Waals surface area contributed by atoms with Gasteiger partial charge in [-0.05, 0) is 77.1 Å². The molecule has 2 heterocycles. The number of rotatable bonds is 7. The molecule has 194 valence electrons. The highest BCUT2D eigenvalue weighted by Crippen LogP contribution is 2.55. The minimum atomic E-state index is -0.391. The van der Waals surface area contributed by atoms with E-state index in [4.69, 9.17) is 0 Å². The Morgan fingerprint density at radius 2 is 2.03 bits per heavy atom. The van der Waals surface area contributed by atoms with Crippen LogP contribution in [0.3, 0.4) is 0 Å². The molecule has 4 rings (SSSR count). The first-order valence-electron chi connectivity index (χ1n) is 12.7. The number of fused-ring (bicyclic) bond motifs is 1. The van der Waals surface area contributed by atoms with E-state index >= 15 is 0 Å². The summed E-state index contributed by atoms with van der Waals surface area (Å²) in [6, 6.07) is 4.28. The van der Waals surface area contributed by atoms with Crippen molar-refractivity contribution in [3.05, 3.63) is 23.3 Å². The fraction of sp³-hybridized carbons (Fsp3) is 0.654. The first kappa shape index (κ1) is 27.8. The topological polar surface area (TPSA) is 81.8 Å². The number of hydrogen-bond donors (Lipinski definition) is 2. The van der Waals surface area contributed by atoms with Crippen molar-refractivity contribution < 1.29 is 14.4 Å². The van der Waals surface area contributed by atoms with Crippen molar-refractivity contribution in [2.45, 2.75) is 87.9 Å². The molecule has 9 heteroatoms. The largest absolute Gasteiger partial charge is 0.354 e. The average molecular weight is 523 g/mol. The van der Waals surface area contributed by atoms with E-state index in [-0.39, 0.29) is 42.2 Å². The van der Waals surface area contributed by atoms with Gasteiger partial charge in [-0.25, -0.2) is 0 Å². The second-order valence-corrected chi connectivity index (χ2v) is 11.5. The van der Waals surface area contributed by atoms with Crippen molar-refractivity contribution in [3.8, 4) is 0 Å². The molecule has 0 unspecified atom stereocenters. The van der Waals surface area contributed by atoms with E-state index in [0.717, 1.165) is 61.3 Å². The summed E-state index contributed by atoms with van der Waals surface area (Å²) in [5.41, 5.74) is 2.42. The van der Waals surface area contributed by atoms with Gasteiger partial charge in [0.1, 0.15) is 0 Å². The molecule has 0 bridgehead atoms. The van der Waals surface area contributed by atoms with Gasteiger partial charge in [-0.3, -0.25) is 14.4 Å². The summed E-state index contributed by atoms with van der Waals surface area (Å²) in [5, 5.41) is 6.33. The van der Waals surface area contributed by atoms with Crippen molar-refractivity contribution >= 4 is 47.6 Å². The van der Waals surface area contributed by atoms with Crippen LogP contribution in [0.1, 0.15) is 75.2 Å². The molecule has 7 nitrogen and oxygen atoms in total. The van der Waals surface area contributed by atoms with Crippen LogP contribution in [0.2, 0.25) is 0 Å². The van der Waals surface area contributed by atoms with Gasteiger partial charge >= 0.3 is 0 Å². The van der Waals surface area contributed by atoms with Crippen molar-refractivity contribution in [2.24, 2.45) is 0 Å². The lowest BCUT2D eigenvalue weighted by molar-refractivity contribution is -0.123. The average Bonchev–Trinajstić information content (AvgIpc) is 2.79. The molecule has 1 spiro atoms. The quantitative estimate of drug-likeness (QED) is 0.567. The molecule has 2 fully saturated rings. The van der Waals surface area contributed by atoms with Crippen LogP contribution in [0.5, 0.6) is 0 Å². The normalized spacial score (nSPS) is 20.7. The van der Waals surface area contributed by atoms with Crippen molar-refractivity contribution in [1.82, 2.24) is 15.5 Å². The van der Waals surface area contributed by atoms with Crippen LogP contribution >= 0.6 is 24.2 Å². The smallest absolute Gasteiger partial charge is 0.254 e. The Balaban J connectivity index is 0.00000342. The molecular formula is C26H39ClN4O3S. The number of nitrogens with one attached hydrogen (secondary N) is 2. The number of anilines is 1. The molecule has 2 N–H and O–H groups in total. The highest BCUT2D eigenvalue weighted by atomic mass is 35.5. The van der Waals surface area contributed by atoms with E-state index in [9.17, 15) is 14.4 Å². The first-order valence-corrected chi connectivity index (χ1v) is 13.5. The molecule has 3 amide bonds. The van der Waals surface area contributed by atoms with Crippen LogP contribution in [0, 0.1) is 6.92 Å². The monoisotopic (exact) mass is 522 g/mol. The molecule has 3 aliphatic rings.